The molecule has 110 valence electrons. The van der Waals surface area contributed by atoms with E-state index in [2.05, 4.69) is 48.6 Å². The Morgan fingerprint density at radius 1 is 1.00 bits per heavy atom. The minimum absolute atomic E-state index is 0.0208. The molecule has 21 heavy (non-hydrogen) atoms. The van der Waals surface area contributed by atoms with E-state index in [0.29, 0.717) is 0 Å². The quantitative estimate of drug-likeness (QED) is 0.758. The standard InChI is InChI=1S/C20H24O/c1-3-20(2,21)19(18-14-8-5-9-15-18)16-10-13-17-11-6-4-7-12-17/h4-12,14-16,19,21H,3,13H2,1-2H3/b16-10+/t19-,20-/m0/s1. The van der Waals surface area contributed by atoms with Crippen LogP contribution in [0.25, 0.3) is 0 Å². The van der Waals surface area contributed by atoms with Crippen LogP contribution in [0.1, 0.15) is 37.3 Å². The maximum atomic E-state index is 10.7. The minimum Gasteiger partial charge on any atom is -0.389 e. The Balaban J connectivity index is 2.17. The largest absolute Gasteiger partial charge is 0.389 e. The third-order valence-corrected chi connectivity index (χ3v) is 4.07. The van der Waals surface area contributed by atoms with Crippen molar-refractivity contribution in [2.45, 2.75) is 38.2 Å². The normalized spacial score (nSPS) is 15.8. The van der Waals surface area contributed by atoms with Crippen molar-refractivity contribution in [3.8, 4) is 0 Å². The Morgan fingerprint density at radius 3 is 2.14 bits per heavy atom. The van der Waals surface area contributed by atoms with Gasteiger partial charge in [0.15, 0.2) is 0 Å². The van der Waals surface area contributed by atoms with Crippen LogP contribution in [0.5, 0.6) is 0 Å². The molecule has 0 fully saturated rings. The zero-order chi connectivity index (χ0) is 15.1. The lowest BCUT2D eigenvalue weighted by molar-refractivity contribution is 0.0411. The minimum atomic E-state index is -0.728. The van der Waals surface area contributed by atoms with Gasteiger partial charge in [0.05, 0.1) is 5.60 Å². The third kappa shape index (κ3) is 4.30. The molecule has 0 amide bonds. The van der Waals surface area contributed by atoms with Crippen LogP contribution >= 0.6 is 0 Å². The predicted molar refractivity (Wildman–Crippen MR) is 89.4 cm³/mol. The maximum Gasteiger partial charge on any atom is 0.0719 e. The molecular weight excluding hydrogens is 256 g/mol. The zero-order valence-electron chi connectivity index (χ0n) is 12.9. The fourth-order valence-corrected chi connectivity index (χ4v) is 2.51. The molecule has 0 aromatic heterocycles. The van der Waals surface area contributed by atoms with E-state index in [4.69, 9.17) is 0 Å². The first kappa shape index (κ1) is 15.5. The van der Waals surface area contributed by atoms with Crippen molar-refractivity contribution >= 4 is 0 Å². The van der Waals surface area contributed by atoms with E-state index in [9.17, 15) is 5.11 Å². The summed E-state index contributed by atoms with van der Waals surface area (Å²) in [6.07, 6.45) is 5.93. The van der Waals surface area contributed by atoms with Crippen LogP contribution in [0.4, 0.5) is 0 Å². The number of aliphatic hydroxyl groups is 1. The number of rotatable bonds is 6. The highest BCUT2D eigenvalue weighted by Crippen LogP contribution is 2.32. The molecule has 0 bridgehead atoms. The molecule has 0 spiro atoms. The molecule has 2 aromatic carbocycles. The van der Waals surface area contributed by atoms with E-state index in [1.54, 1.807) is 0 Å². The molecule has 0 aliphatic heterocycles. The summed E-state index contributed by atoms with van der Waals surface area (Å²) in [4.78, 5) is 0. The molecule has 2 atom stereocenters. The van der Waals surface area contributed by atoms with Crippen LogP contribution in [-0.2, 0) is 6.42 Å². The summed E-state index contributed by atoms with van der Waals surface area (Å²) in [7, 11) is 0. The fourth-order valence-electron chi connectivity index (χ4n) is 2.51. The van der Waals surface area contributed by atoms with Crippen LogP contribution in [0.3, 0.4) is 0 Å². The number of allylic oxidation sites excluding steroid dienone is 1. The van der Waals surface area contributed by atoms with E-state index in [0.717, 1.165) is 18.4 Å². The molecule has 0 heterocycles. The van der Waals surface area contributed by atoms with Crippen LogP contribution in [0.15, 0.2) is 72.8 Å². The summed E-state index contributed by atoms with van der Waals surface area (Å²) < 4.78 is 0. The molecule has 1 N–H and O–H groups in total. The lowest BCUT2D eigenvalue weighted by Gasteiger charge is -2.30. The van der Waals surface area contributed by atoms with Crippen molar-refractivity contribution in [1.29, 1.82) is 0 Å². The second-order valence-corrected chi connectivity index (χ2v) is 5.72. The number of benzene rings is 2. The van der Waals surface area contributed by atoms with E-state index >= 15 is 0 Å². The van der Waals surface area contributed by atoms with Gasteiger partial charge in [0.25, 0.3) is 0 Å². The highest BCUT2D eigenvalue weighted by molar-refractivity contribution is 5.28. The summed E-state index contributed by atoms with van der Waals surface area (Å²) in [5.74, 6) is 0.0208. The molecule has 0 radical (unpaired) electrons. The lowest BCUT2D eigenvalue weighted by atomic mass is 9.81. The molecule has 1 nitrogen and oxygen atoms in total. The monoisotopic (exact) mass is 280 g/mol. The molecule has 0 saturated carbocycles. The summed E-state index contributed by atoms with van der Waals surface area (Å²) in [6.45, 7) is 3.94. The zero-order valence-corrected chi connectivity index (χ0v) is 12.9. The predicted octanol–water partition coefficient (Wildman–Crippen LogP) is 4.73. The Kier molecular flexibility index (Phi) is 5.35. The molecule has 0 aliphatic carbocycles. The Bertz CT molecular complexity index is 555. The van der Waals surface area contributed by atoms with Gasteiger partial charge in [0.2, 0.25) is 0 Å². The van der Waals surface area contributed by atoms with Crippen molar-refractivity contribution in [2.24, 2.45) is 0 Å². The smallest absolute Gasteiger partial charge is 0.0719 e. The Morgan fingerprint density at radius 2 is 1.57 bits per heavy atom. The van der Waals surface area contributed by atoms with Gasteiger partial charge in [-0.1, -0.05) is 79.7 Å². The van der Waals surface area contributed by atoms with Gasteiger partial charge in [-0.25, -0.2) is 0 Å². The van der Waals surface area contributed by atoms with Gasteiger partial charge in [0, 0.05) is 5.92 Å². The van der Waals surface area contributed by atoms with Gasteiger partial charge >= 0.3 is 0 Å². The molecule has 2 rings (SSSR count). The average molecular weight is 280 g/mol. The third-order valence-electron chi connectivity index (χ3n) is 4.07. The summed E-state index contributed by atoms with van der Waals surface area (Å²) >= 11 is 0. The van der Waals surface area contributed by atoms with Crippen molar-refractivity contribution in [2.75, 3.05) is 0 Å². The molecule has 0 unspecified atom stereocenters. The Hall–Kier alpha value is -1.86. The summed E-state index contributed by atoms with van der Waals surface area (Å²) in [5, 5.41) is 10.7. The van der Waals surface area contributed by atoms with Crippen molar-refractivity contribution in [1.82, 2.24) is 0 Å². The molecule has 0 aliphatic rings. The first-order chi connectivity index (χ1) is 10.1. The van der Waals surface area contributed by atoms with Gasteiger partial charge in [-0.05, 0) is 30.9 Å². The fraction of sp³-hybridized carbons (Fsp3) is 0.300. The topological polar surface area (TPSA) is 20.2 Å². The molecule has 2 aromatic rings. The van der Waals surface area contributed by atoms with Gasteiger partial charge in [0.1, 0.15) is 0 Å². The lowest BCUT2D eigenvalue weighted by Crippen LogP contribution is -2.30. The summed E-state index contributed by atoms with van der Waals surface area (Å²) in [5.41, 5.74) is 1.72. The van der Waals surface area contributed by atoms with Crippen molar-refractivity contribution < 1.29 is 5.11 Å². The van der Waals surface area contributed by atoms with Crippen LogP contribution in [-0.4, -0.2) is 10.7 Å². The molecular formula is C20H24O. The number of hydrogen-bond acceptors (Lipinski definition) is 1. The second-order valence-electron chi connectivity index (χ2n) is 5.72. The first-order valence-corrected chi connectivity index (χ1v) is 7.61. The van der Waals surface area contributed by atoms with Crippen molar-refractivity contribution in [3.05, 3.63) is 83.9 Å². The molecule has 0 saturated heterocycles. The van der Waals surface area contributed by atoms with Gasteiger partial charge in [-0.3, -0.25) is 0 Å². The Labute approximate surface area is 128 Å². The maximum absolute atomic E-state index is 10.7. The molecule has 1 heteroatoms. The van der Waals surface area contributed by atoms with Gasteiger partial charge < -0.3 is 5.11 Å². The van der Waals surface area contributed by atoms with Crippen molar-refractivity contribution in [3.63, 3.8) is 0 Å². The van der Waals surface area contributed by atoms with Crippen LogP contribution in [0.2, 0.25) is 0 Å². The van der Waals surface area contributed by atoms with E-state index < -0.39 is 5.60 Å². The van der Waals surface area contributed by atoms with Gasteiger partial charge in [-0.2, -0.15) is 0 Å². The van der Waals surface area contributed by atoms with E-state index in [1.807, 2.05) is 38.1 Å². The van der Waals surface area contributed by atoms with Gasteiger partial charge in [-0.15, -0.1) is 0 Å². The van der Waals surface area contributed by atoms with Crippen LogP contribution < -0.4 is 0 Å². The SMILES string of the molecule is CC[C@](C)(O)[C@@H](/C=C/Cc1ccccc1)c1ccccc1. The second kappa shape index (κ2) is 7.24. The van der Waals surface area contributed by atoms with E-state index in [1.165, 1.54) is 5.56 Å². The first-order valence-electron chi connectivity index (χ1n) is 7.61. The summed E-state index contributed by atoms with van der Waals surface area (Å²) in [6, 6.07) is 20.6. The highest BCUT2D eigenvalue weighted by Gasteiger charge is 2.29. The van der Waals surface area contributed by atoms with Crippen LogP contribution in [0, 0.1) is 0 Å². The van der Waals surface area contributed by atoms with E-state index in [-0.39, 0.29) is 5.92 Å². The average Bonchev–Trinajstić information content (AvgIpc) is 2.53. The highest BCUT2D eigenvalue weighted by atomic mass is 16.3. The number of hydrogen-bond donors (Lipinski definition) is 1.